The summed E-state index contributed by atoms with van der Waals surface area (Å²) in [5, 5.41) is 8.28. The van der Waals surface area contributed by atoms with Crippen molar-refractivity contribution in [3.63, 3.8) is 0 Å². The molecule has 8 heteroatoms. The summed E-state index contributed by atoms with van der Waals surface area (Å²) in [6.07, 6.45) is 0.826. The van der Waals surface area contributed by atoms with Crippen LogP contribution in [0.4, 0.5) is 0 Å². The van der Waals surface area contributed by atoms with Crippen LogP contribution in [0.25, 0.3) is 0 Å². The van der Waals surface area contributed by atoms with Gasteiger partial charge >= 0.3 is 0 Å². The van der Waals surface area contributed by atoms with Crippen molar-refractivity contribution in [1.82, 2.24) is 0 Å². The summed E-state index contributed by atoms with van der Waals surface area (Å²) >= 11 is 1.68. The molecule has 1 rings (SSSR count). The SMILES string of the molecule is NN=NC(N)=NC(N)=NCCc1cccs1. The van der Waals surface area contributed by atoms with Gasteiger partial charge in [-0.3, -0.25) is 4.99 Å². The van der Waals surface area contributed by atoms with Crippen LogP contribution >= 0.6 is 11.3 Å². The maximum Gasteiger partial charge on any atom is 0.245 e. The molecular formula is C8H13N7S. The molecule has 16 heavy (non-hydrogen) atoms. The van der Waals surface area contributed by atoms with Gasteiger partial charge in [-0.05, 0) is 11.4 Å². The maximum absolute atomic E-state index is 5.49. The average Bonchev–Trinajstić information content (AvgIpc) is 2.70. The Balaban J connectivity index is 2.42. The fourth-order valence-electron chi connectivity index (χ4n) is 0.970. The molecule has 6 N–H and O–H groups in total. The van der Waals surface area contributed by atoms with Gasteiger partial charge in [0.25, 0.3) is 0 Å². The van der Waals surface area contributed by atoms with Crippen molar-refractivity contribution in [3.05, 3.63) is 22.4 Å². The van der Waals surface area contributed by atoms with E-state index in [1.54, 1.807) is 11.3 Å². The predicted molar refractivity (Wildman–Crippen MR) is 65.2 cm³/mol. The molecule has 0 bridgehead atoms. The van der Waals surface area contributed by atoms with Crippen molar-refractivity contribution in [2.45, 2.75) is 6.42 Å². The number of hydrogen-bond donors (Lipinski definition) is 3. The summed E-state index contributed by atoms with van der Waals surface area (Å²) < 4.78 is 0. The van der Waals surface area contributed by atoms with E-state index < -0.39 is 0 Å². The van der Waals surface area contributed by atoms with Crippen LogP contribution in [0.1, 0.15) is 4.88 Å². The van der Waals surface area contributed by atoms with Crippen LogP contribution in [-0.2, 0) is 6.42 Å². The first-order chi connectivity index (χ1) is 7.72. The highest BCUT2D eigenvalue weighted by Gasteiger charge is 1.94. The highest BCUT2D eigenvalue weighted by atomic mass is 32.1. The Hall–Kier alpha value is -1.96. The van der Waals surface area contributed by atoms with Gasteiger partial charge < -0.3 is 17.3 Å². The van der Waals surface area contributed by atoms with Gasteiger partial charge in [-0.25, -0.2) is 0 Å². The fraction of sp³-hybridized carbons (Fsp3) is 0.250. The minimum absolute atomic E-state index is 0.0708. The number of thiophene rings is 1. The number of rotatable bonds is 3. The lowest BCUT2D eigenvalue weighted by molar-refractivity contribution is 0.979. The third kappa shape index (κ3) is 4.51. The molecule has 0 fully saturated rings. The second-order valence-electron chi connectivity index (χ2n) is 2.75. The van der Waals surface area contributed by atoms with Crippen LogP contribution in [-0.4, -0.2) is 18.5 Å². The van der Waals surface area contributed by atoms with Crippen molar-refractivity contribution in [2.24, 2.45) is 37.6 Å². The van der Waals surface area contributed by atoms with E-state index in [1.807, 2.05) is 17.5 Å². The third-order valence-corrected chi connectivity index (χ3v) is 2.54. The monoisotopic (exact) mass is 239 g/mol. The minimum atomic E-state index is -0.111. The molecule has 0 radical (unpaired) electrons. The smallest absolute Gasteiger partial charge is 0.245 e. The number of hydrogen-bond acceptors (Lipinski definition) is 3. The Kier molecular flexibility index (Phi) is 4.93. The molecule has 0 saturated heterocycles. The molecule has 0 aliphatic carbocycles. The lowest BCUT2D eigenvalue weighted by atomic mass is 10.3. The Morgan fingerprint density at radius 2 is 2.12 bits per heavy atom. The Morgan fingerprint density at radius 3 is 2.75 bits per heavy atom. The van der Waals surface area contributed by atoms with Crippen LogP contribution in [0, 0.1) is 0 Å². The summed E-state index contributed by atoms with van der Waals surface area (Å²) in [6, 6.07) is 4.03. The zero-order chi connectivity index (χ0) is 11.8. The number of aliphatic imine (C=N–C) groups is 2. The van der Waals surface area contributed by atoms with E-state index in [0.717, 1.165) is 6.42 Å². The summed E-state index contributed by atoms with van der Waals surface area (Å²) in [5.41, 5.74) is 10.8. The second kappa shape index (κ2) is 6.51. The molecular weight excluding hydrogens is 226 g/mol. The van der Waals surface area contributed by atoms with Gasteiger partial charge in [-0.1, -0.05) is 16.4 Å². The van der Waals surface area contributed by atoms with E-state index in [-0.39, 0.29) is 11.9 Å². The molecule has 0 aromatic carbocycles. The first-order valence-electron chi connectivity index (χ1n) is 4.49. The topological polar surface area (TPSA) is 127 Å². The lowest BCUT2D eigenvalue weighted by Gasteiger charge is -1.94. The van der Waals surface area contributed by atoms with Gasteiger partial charge in [0.2, 0.25) is 11.9 Å². The average molecular weight is 239 g/mol. The fourth-order valence-corrected chi connectivity index (χ4v) is 1.67. The van der Waals surface area contributed by atoms with Gasteiger partial charge in [0, 0.05) is 17.8 Å². The van der Waals surface area contributed by atoms with E-state index in [1.165, 1.54) is 4.88 Å². The van der Waals surface area contributed by atoms with Crippen molar-refractivity contribution >= 4 is 23.3 Å². The van der Waals surface area contributed by atoms with Gasteiger partial charge in [0.05, 0.1) is 0 Å². The van der Waals surface area contributed by atoms with E-state index in [2.05, 4.69) is 20.3 Å². The molecule has 0 aliphatic rings. The Morgan fingerprint density at radius 1 is 1.31 bits per heavy atom. The lowest BCUT2D eigenvalue weighted by Crippen LogP contribution is -2.17. The molecule has 7 nitrogen and oxygen atoms in total. The summed E-state index contributed by atoms with van der Waals surface area (Å²) in [7, 11) is 0. The van der Waals surface area contributed by atoms with E-state index in [0.29, 0.717) is 6.54 Å². The van der Waals surface area contributed by atoms with E-state index in [4.69, 9.17) is 17.3 Å². The van der Waals surface area contributed by atoms with Crippen molar-refractivity contribution in [2.75, 3.05) is 6.54 Å². The molecule has 0 spiro atoms. The number of nitrogens with zero attached hydrogens (tertiary/aromatic N) is 4. The number of nitrogens with two attached hydrogens (primary N) is 3. The van der Waals surface area contributed by atoms with Crippen molar-refractivity contribution < 1.29 is 0 Å². The molecule has 1 heterocycles. The first-order valence-corrected chi connectivity index (χ1v) is 5.37. The highest BCUT2D eigenvalue weighted by Crippen LogP contribution is 2.08. The quantitative estimate of drug-likeness (QED) is 0.230. The maximum atomic E-state index is 5.49. The van der Waals surface area contributed by atoms with Crippen LogP contribution in [0.3, 0.4) is 0 Å². The van der Waals surface area contributed by atoms with Gasteiger partial charge in [0.1, 0.15) is 0 Å². The van der Waals surface area contributed by atoms with Crippen molar-refractivity contribution in [3.8, 4) is 0 Å². The molecule has 1 aromatic rings. The molecule has 0 amide bonds. The first kappa shape index (κ1) is 12.1. The summed E-state index contributed by atoms with van der Waals surface area (Å²) in [6.45, 7) is 0.558. The van der Waals surface area contributed by atoms with Crippen LogP contribution in [0.2, 0.25) is 0 Å². The van der Waals surface area contributed by atoms with Gasteiger partial charge in [-0.15, -0.1) is 11.3 Å². The molecule has 0 aliphatic heterocycles. The zero-order valence-electron chi connectivity index (χ0n) is 8.58. The van der Waals surface area contributed by atoms with Crippen LogP contribution < -0.4 is 17.3 Å². The van der Waals surface area contributed by atoms with Crippen molar-refractivity contribution in [1.29, 1.82) is 0 Å². The van der Waals surface area contributed by atoms with Crippen LogP contribution in [0.5, 0.6) is 0 Å². The number of guanidine groups is 2. The Labute approximate surface area is 96.8 Å². The third-order valence-electron chi connectivity index (χ3n) is 1.60. The largest absolute Gasteiger partial charge is 0.368 e. The molecule has 0 saturated carbocycles. The van der Waals surface area contributed by atoms with E-state index in [9.17, 15) is 0 Å². The molecule has 1 aromatic heterocycles. The Bertz CT molecular complexity index is 393. The standard InChI is InChI=1S/C8H13N7S/c9-7(13-8(10)14-15-11)12-4-3-6-2-1-5-16-6/h1-2,5H,3-4H2,(H6,9,10,11,12,13,14). The van der Waals surface area contributed by atoms with E-state index >= 15 is 0 Å². The van der Waals surface area contributed by atoms with Gasteiger partial charge in [-0.2, -0.15) is 4.99 Å². The molecule has 0 unspecified atom stereocenters. The second-order valence-corrected chi connectivity index (χ2v) is 3.79. The summed E-state index contributed by atoms with van der Waals surface area (Å²) in [4.78, 5) is 8.93. The highest BCUT2D eigenvalue weighted by molar-refractivity contribution is 7.09. The zero-order valence-corrected chi connectivity index (χ0v) is 9.39. The normalized spacial score (nSPS) is 13.5. The molecule has 86 valence electrons. The predicted octanol–water partition coefficient (Wildman–Crippen LogP) is 0.246. The van der Waals surface area contributed by atoms with Gasteiger partial charge in [0.15, 0.2) is 0 Å². The summed E-state index contributed by atoms with van der Waals surface area (Å²) in [5.74, 6) is 4.75. The molecule has 0 atom stereocenters. The van der Waals surface area contributed by atoms with Crippen LogP contribution in [0.15, 0.2) is 37.8 Å². The minimum Gasteiger partial charge on any atom is -0.368 e.